The van der Waals surface area contributed by atoms with Crippen molar-refractivity contribution >= 4 is 11.9 Å². The summed E-state index contributed by atoms with van der Waals surface area (Å²) in [6, 6.07) is 11.8. The Morgan fingerprint density at radius 2 is 2.00 bits per heavy atom. The summed E-state index contributed by atoms with van der Waals surface area (Å²) >= 11 is 0. The highest BCUT2D eigenvalue weighted by Gasteiger charge is 2.27. The van der Waals surface area contributed by atoms with Crippen LogP contribution in [0.1, 0.15) is 17.9 Å². The van der Waals surface area contributed by atoms with E-state index in [2.05, 4.69) is 20.7 Å². The van der Waals surface area contributed by atoms with Gasteiger partial charge in [0.05, 0.1) is 19.1 Å². The third-order valence-electron chi connectivity index (χ3n) is 4.94. The molecule has 1 saturated heterocycles. The van der Waals surface area contributed by atoms with E-state index in [4.69, 9.17) is 4.74 Å². The van der Waals surface area contributed by atoms with E-state index in [0.29, 0.717) is 38.8 Å². The van der Waals surface area contributed by atoms with E-state index in [-0.39, 0.29) is 11.8 Å². The van der Waals surface area contributed by atoms with Gasteiger partial charge in [0.2, 0.25) is 5.91 Å². The number of guanidine groups is 1. The molecular formula is C21H30N6O2. The molecule has 1 aromatic carbocycles. The van der Waals surface area contributed by atoms with Crippen LogP contribution in [0.2, 0.25) is 0 Å². The number of nitrogens with one attached hydrogen (secondary N) is 2. The fraction of sp³-hybridized carbons (Fsp3) is 0.476. The fourth-order valence-electron chi connectivity index (χ4n) is 3.34. The van der Waals surface area contributed by atoms with Crippen LogP contribution in [0.25, 0.3) is 0 Å². The molecule has 8 heteroatoms. The number of aliphatic imine (C=N–C) groups is 1. The first-order chi connectivity index (χ1) is 14.3. The highest BCUT2D eigenvalue weighted by Crippen LogP contribution is 2.18. The molecular weight excluding hydrogens is 368 g/mol. The molecule has 1 aromatic heterocycles. The van der Waals surface area contributed by atoms with Gasteiger partial charge >= 0.3 is 0 Å². The SMILES string of the molecule is CN=C(NCCCn1cccn1)NCC(C(=O)N1CCOCC1)c1ccccc1. The number of benzene rings is 1. The number of ether oxygens (including phenoxy) is 1. The predicted octanol–water partition coefficient (Wildman–Crippen LogP) is 1.08. The first-order valence-electron chi connectivity index (χ1n) is 10.1. The lowest BCUT2D eigenvalue weighted by molar-refractivity contribution is -0.136. The van der Waals surface area contributed by atoms with Gasteiger partial charge in [0.25, 0.3) is 0 Å². The summed E-state index contributed by atoms with van der Waals surface area (Å²) in [4.78, 5) is 19.3. The Hall–Kier alpha value is -2.87. The summed E-state index contributed by atoms with van der Waals surface area (Å²) < 4.78 is 7.29. The number of nitrogens with zero attached hydrogens (tertiary/aromatic N) is 4. The molecule has 2 heterocycles. The quantitative estimate of drug-likeness (QED) is 0.395. The normalized spacial score (nSPS) is 15.8. The number of morpholine rings is 1. The molecule has 0 bridgehead atoms. The Morgan fingerprint density at radius 3 is 2.69 bits per heavy atom. The Kier molecular flexibility index (Phi) is 8.06. The Morgan fingerprint density at radius 1 is 1.21 bits per heavy atom. The summed E-state index contributed by atoms with van der Waals surface area (Å²) in [5.41, 5.74) is 1.01. The first kappa shape index (κ1) is 20.9. The maximum atomic E-state index is 13.2. The first-order valence-corrected chi connectivity index (χ1v) is 10.1. The lowest BCUT2D eigenvalue weighted by Gasteiger charge is -2.31. The Labute approximate surface area is 171 Å². The molecule has 1 unspecified atom stereocenters. The number of hydrogen-bond acceptors (Lipinski definition) is 4. The van der Waals surface area contributed by atoms with Crippen LogP contribution in [0.3, 0.4) is 0 Å². The van der Waals surface area contributed by atoms with Crippen LogP contribution >= 0.6 is 0 Å². The summed E-state index contributed by atoms with van der Waals surface area (Å²) in [5.74, 6) is 0.555. The smallest absolute Gasteiger partial charge is 0.232 e. The monoisotopic (exact) mass is 398 g/mol. The molecule has 8 nitrogen and oxygen atoms in total. The topological polar surface area (TPSA) is 83.8 Å². The van der Waals surface area contributed by atoms with Crippen LogP contribution in [0.15, 0.2) is 53.8 Å². The second-order valence-electron chi connectivity index (χ2n) is 6.90. The summed E-state index contributed by atoms with van der Waals surface area (Å²) in [5, 5.41) is 10.8. The van der Waals surface area contributed by atoms with Gasteiger partial charge < -0.3 is 20.3 Å². The van der Waals surface area contributed by atoms with E-state index >= 15 is 0 Å². The molecule has 0 radical (unpaired) electrons. The number of amides is 1. The van der Waals surface area contributed by atoms with Crippen LogP contribution < -0.4 is 10.6 Å². The van der Waals surface area contributed by atoms with Crippen molar-refractivity contribution in [3.63, 3.8) is 0 Å². The highest BCUT2D eigenvalue weighted by atomic mass is 16.5. The van der Waals surface area contributed by atoms with E-state index in [1.54, 1.807) is 13.2 Å². The van der Waals surface area contributed by atoms with Gasteiger partial charge in [0.15, 0.2) is 5.96 Å². The van der Waals surface area contributed by atoms with Crippen molar-refractivity contribution in [1.82, 2.24) is 25.3 Å². The molecule has 1 aliphatic rings. The predicted molar refractivity (Wildman–Crippen MR) is 113 cm³/mol. The van der Waals surface area contributed by atoms with Gasteiger partial charge in [0.1, 0.15) is 0 Å². The highest BCUT2D eigenvalue weighted by molar-refractivity contribution is 5.86. The molecule has 0 aliphatic carbocycles. The molecule has 0 spiro atoms. The van der Waals surface area contributed by atoms with Gasteiger partial charge in [-0.1, -0.05) is 30.3 Å². The molecule has 1 amide bonds. The van der Waals surface area contributed by atoms with Gasteiger partial charge in [-0.05, 0) is 18.1 Å². The zero-order chi connectivity index (χ0) is 20.3. The minimum absolute atomic E-state index is 0.126. The number of carbonyl (C=O) groups is 1. The van der Waals surface area contributed by atoms with Crippen molar-refractivity contribution in [2.24, 2.45) is 4.99 Å². The van der Waals surface area contributed by atoms with Gasteiger partial charge in [-0.2, -0.15) is 5.10 Å². The minimum atomic E-state index is -0.267. The summed E-state index contributed by atoms with van der Waals surface area (Å²) in [6.45, 7) is 4.58. The molecule has 0 saturated carbocycles. The number of hydrogen-bond donors (Lipinski definition) is 2. The lowest BCUT2D eigenvalue weighted by atomic mass is 9.97. The van der Waals surface area contributed by atoms with Gasteiger partial charge in [0, 0.05) is 52.2 Å². The van der Waals surface area contributed by atoms with E-state index in [9.17, 15) is 4.79 Å². The van der Waals surface area contributed by atoms with E-state index < -0.39 is 0 Å². The van der Waals surface area contributed by atoms with Crippen LogP contribution in [0.5, 0.6) is 0 Å². The van der Waals surface area contributed by atoms with Crippen molar-refractivity contribution in [2.45, 2.75) is 18.9 Å². The molecule has 1 fully saturated rings. The second kappa shape index (κ2) is 11.2. The lowest BCUT2D eigenvalue weighted by Crippen LogP contribution is -2.47. The number of aryl methyl sites for hydroxylation is 1. The molecule has 1 aliphatic heterocycles. The number of aromatic nitrogens is 2. The standard InChI is InChI=1S/C21H30N6O2/c1-22-21(23-9-5-11-27-12-6-10-25-27)24-17-19(18-7-3-2-4-8-18)20(28)26-13-15-29-16-14-26/h2-4,6-8,10,12,19H,5,9,11,13-17H2,1H3,(H2,22,23,24). The molecule has 2 aromatic rings. The van der Waals surface area contributed by atoms with E-state index in [1.807, 2.05) is 52.2 Å². The zero-order valence-corrected chi connectivity index (χ0v) is 17.0. The van der Waals surface area contributed by atoms with Crippen LogP contribution in [-0.2, 0) is 16.1 Å². The second-order valence-corrected chi connectivity index (χ2v) is 6.90. The van der Waals surface area contributed by atoms with Crippen LogP contribution in [0.4, 0.5) is 0 Å². The van der Waals surface area contributed by atoms with Crippen LogP contribution in [-0.4, -0.2) is 73.0 Å². The molecule has 29 heavy (non-hydrogen) atoms. The Bertz CT molecular complexity index is 757. The molecule has 1 atom stereocenters. The van der Waals surface area contributed by atoms with Gasteiger partial charge in [-0.3, -0.25) is 14.5 Å². The third kappa shape index (κ3) is 6.32. The van der Waals surface area contributed by atoms with Gasteiger partial charge in [-0.15, -0.1) is 0 Å². The van der Waals surface area contributed by atoms with Crippen molar-refractivity contribution in [2.75, 3.05) is 46.4 Å². The maximum Gasteiger partial charge on any atom is 0.232 e. The van der Waals surface area contributed by atoms with Crippen molar-refractivity contribution in [3.05, 3.63) is 54.4 Å². The average molecular weight is 399 g/mol. The van der Waals surface area contributed by atoms with Crippen molar-refractivity contribution < 1.29 is 9.53 Å². The largest absolute Gasteiger partial charge is 0.378 e. The summed E-state index contributed by atoms with van der Waals surface area (Å²) in [7, 11) is 1.74. The number of carbonyl (C=O) groups excluding carboxylic acids is 1. The minimum Gasteiger partial charge on any atom is -0.378 e. The van der Waals surface area contributed by atoms with Crippen molar-refractivity contribution in [1.29, 1.82) is 0 Å². The zero-order valence-electron chi connectivity index (χ0n) is 17.0. The van der Waals surface area contributed by atoms with E-state index in [0.717, 1.165) is 25.1 Å². The molecule has 3 rings (SSSR count). The maximum absolute atomic E-state index is 13.2. The van der Waals surface area contributed by atoms with Crippen molar-refractivity contribution in [3.8, 4) is 0 Å². The summed E-state index contributed by atoms with van der Waals surface area (Å²) in [6.07, 6.45) is 4.66. The van der Waals surface area contributed by atoms with Crippen LogP contribution in [0, 0.1) is 0 Å². The van der Waals surface area contributed by atoms with E-state index in [1.165, 1.54) is 0 Å². The molecule has 2 N–H and O–H groups in total. The average Bonchev–Trinajstić information content (AvgIpc) is 3.30. The Balaban J connectivity index is 1.54. The molecule has 156 valence electrons. The third-order valence-corrected chi connectivity index (χ3v) is 4.94. The number of rotatable bonds is 8. The fourth-order valence-corrected chi connectivity index (χ4v) is 3.34. The van der Waals surface area contributed by atoms with Gasteiger partial charge in [-0.25, -0.2) is 0 Å².